The first kappa shape index (κ1) is 16.0. The number of rotatable bonds is 6. The number of aryl methyl sites for hydroxylation is 1. The molecule has 1 N–H and O–H groups in total. The summed E-state index contributed by atoms with van der Waals surface area (Å²) in [6.45, 7) is 0.691. The van der Waals surface area contributed by atoms with E-state index in [1.807, 2.05) is 18.0 Å². The van der Waals surface area contributed by atoms with Gasteiger partial charge in [-0.2, -0.15) is 0 Å². The number of esters is 1. The van der Waals surface area contributed by atoms with Gasteiger partial charge in [-0.25, -0.2) is 0 Å². The molecule has 6 heteroatoms. The van der Waals surface area contributed by atoms with Gasteiger partial charge in [0.1, 0.15) is 6.04 Å². The predicted octanol–water partition coefficient (Wildman–Crippen LogP) is 1.43. The van der Waals surface area contributed by atoms with E-state index in [0.717, 1.165) is 12.8 Å². The molecule has 1 aliphatic heterocycles. The molecule has 1 aromatic rings. The molecule has 1 amide bonds. The Hall–Kier alpha value is -1.40. The van der Waals surface area contributed by atoms with Crippen LogP contribution in [0.3, 0.4) is 0 Å². The fourth-order valence-corrected chi connectivity index (χ4v) is 3.44. The summed E-state index contributed by atoms with van der Waals surface area (Å²) < 4.78 is 4.77. The van der Waals surface area contributed by atoms with E-state index >= 15 is 0 Å². The first-order valence-corrected chi connectivity index (χ1v) is 8.08. The number of hydrogen-bond donors (Lipinski definition) is 1. The van der Waals surface area contributed by atoms with Crippen LogP contribution in [0.2, 0.25) is 0 Å². The summed E-state index contributed by atoms with van der Waals surface area (Å²) in [5, 5.41) is 5.07. The summed E-state index contributed by atoms with van der Waals surface area (Å²) in [6, 6.07) is 3.91. The van der Waals surface area contributed by atoms with Gasteiger partial charge >= 0.3 is 5.97 Å². The number of likely N-dealkylation sites (N-methyl/N-ethyl adjacent to an activating group) is 1. The zero-order valence-corrected chi connectivity index (χ0v) is 13.3. The number of methoxy groups -OCH3 is 1. The van der Waals surface area contributed by atoms with Crippen molar-refractivity contribution in [2.45, 2.75) is 37.8 Å². The molecule has 1 aromatic heterocycles. The quantitative estimate of drug-likeness (QED) is 0.808. The van der Waals surface area contributed by atoms with Crippen molar-refractivity contribution in [2.75, 3.05) is 20.7 Å². The maximum absolute atomic E-state index is 11.9. The van der Waals surface area contributed by atoms with Crippen LogP contribution in [-0.2, 0) is 20.7 Å². The Balaban J connectivity index is 1.70. The van der Waals surface area contributed by atoms with Crippen molar-refractivity contribution in [3.05, 3.63) is 22.4 Å². The van der Waals surface area contributed by atoms with Gasteiger partial charge in [0.05, 0.1) is 7.11 Å². The summed E-state index contributed by atoms with van der Waals surface area (Å²) >= 11 is 1.72. The third-order valence-corrected chi connectivity index (χ3v) is 4.73. The Labute approximate surface area is 129 Å². The van der Waals surface area contributed by atoms with Gasteiger partial charge < -0.3 is 10.1 Å². The third kappa shape index (κ3) is 4.54. The van der Waals surface area contributed by atoms with Crippen molar-refractivity contribution in [3.8, 4) is 0 Å². The van der Waals surface area contributed by atoms with Crippen LogP contribution in [0.5, 0.6) is 0 Å². The van der Waals surface area contributed by atoms with Gasteiger partial charge in [0.15, 0.2) is 0 Å². The number of thiophene rings is 1. The lowest BCUT2D eigenvalue weighted by atomic mass is 10.1. The molecule has 2 rings (SSSR count). The van der Waals surface area contributed by atoms with Crippen LogP contribution >= 0.6 is 11.3 Å². The molecule has 1 aliphatic rings. The summed E-state index contributed by atoms with van der Waals surface area (Å²) in [5.41, 5.74) is 0. The number of amides is 1. The van der Waals surface area contributed by atoms with E-state index in [9.17, 15) is 9.59 Å². The lowest BCUT2D eigenvalue weighted by Crippen LogP contribution is -2.36. The Morgan fingerprint density at radius 3 is 3.00 bits per heavy atom. The standard InChI is InChI=1S/C15H22N2O3S/c1-17-10-11(9-13(17)15(19)20-2)16-14(18)7-3-5-12-6-4-8-21-12/h4,6,8,11,13H,3,5,7,9-10H2,1-2H3,(H,16,18)/t11-,13-/m0/s1. The first-order chi connectivity index (χ1) is 10.1. The third-order valence-electron chi connectivity index (χ3n) is 3.79. The molecule has 0 saturated carbocycles. The normalized spacial score (nSPS) is 22.2. The van der Waals surface area contributed by atoms with E-state index in [-0.39, 0.29) is 24.0 Å². The second kappa shape index (κ2) is 7.56. The summed E-state index contributed by atoms with van der Waals surface area (Å²) in [6.07, 6.45) is 2.95. The van der Waals surface area contributed by atoms with Gasteiger partial charge in [0.2, 0.25) is 5.91 Å². The molecule has 0 aromatic carbocycles. The monoisotopic (exact) mass is 310 g/mol. The lowest BCUT2D eigenvalue weighted by molar-refractivity contribution is -0.145. The molecule has 2 heterocycles. The molecule has 0 spiro atoms. The van der Waals surface area contributed by atoms with Crippen LogP contribution in [0.1, 0.15) is 24.1 Å². The average Bonchev–Trinajstić information content (AvgIpc) is 3.08. The van der Waals surface area contributed by atoms with Crippen LogP contribution < -0.4 is 5.32 Å². The lowest BCUT2D eigenvalue weighted by Gasteiger charge is -2.15. The molecular weight excluding hydrogens is 288 g/mol. The van der Waals surface area contributed by atoms with Crippen LogP contribution in [0.4, 0.5) is 0 Å². The highest BCUT2D eigenvalue weighted by atomic mass is 32.1. The molecule has 0 aliphatic carbocycles. The minimum atomic E-state index is -0.244. The van der Waals surface area contributed by atoms with Crippen LogP contribution in [0.15, 0.2) is 17.5 Å². The molecule has 0 bridgehead atoms. The van der Waals surface area contributed by atoms with Gasteiger partial charge in [-0.05, 0) is 37.8 Å². The second-order valence-corrected chi connectivity index (χ2v) is 6.44. The van der Waals surface area contributed by atoms with E-state index in [2.05, 4.69) is 16.8 Å². The maximum atomic E-state index is 11.9. The summed E-state index contributed by atoms with van der Waals surface area (Å²) in [5.74, 6) is -0.164. The van der Waals surface area contributed by atoms with Crippen LogP contribution in [0.25, 0.3) is 0 Å². The molecule has 1 fully saturated rings. The largest absolute Gasteiger partial charge is 0.468 e. The first-order valence-electron chi connectivity index (χ1n) is 7.20. The van der Waals surface area contributed by atoms with Gasteiger partial charge in [-0.3, -0.25) is 14.5 Å². The fraction of sp³-hybridized carbons (Fsp3) is 0.600. The van der Waals surface area contributed by atoms with Crippen molar-refractivity contribution in [3.63, 3.8) is 0 Å². The van der Waals surface area contributed by atoms with Gasteiger partial charge in [-0.1, -0.05) is 6.07 Å². The maximum Gasteiger partial charge on any atom is 0.323 e. The number of nitrogens with one attached hydrogen (secondary N) is 1. The van der Waals surface area contributed by atoms with E-state index < -0.39 is 0 Å². The van der Waals surface area contributed by atoms with E-state index in [4.69, 9.17) is 4.74 Å². The smallest absolute Gasteiger partial charge is 0.323 e. The topological polar surface area (TPSA) is 58.6 Å². The Bertz CT molecular complexity index is 475. The van der Waals surface area contributed by atoms with E-state index in [1.54, 1.807) is 11.3 Å². The van der Waals surface area contributed by atoms with Crippen LogP contribution in [0, 0.1) is 0 Å². The summed E-state index contributed by atoms with van der Waals surface area (Å²) in [4.78, 5) is 26.8. The Morgan fingerprint density at radius 1 is 1.52 bits per heavy atom. The van der Waals surface area contributed by atoms with Crippen molar-refractivity contribution in [1.29, 1.82) is 0 Å². The SMILES string of the molecule is COC(=O)[C@@H]1C[C@H](NC(=O)CCCc2cccs2)CN1C. The molecule has 1 saturated heterocycles. The van der Waals surface area contributed by atoms with Crippen molar-refractivity contribution >= 4 is 23.2 Å². The zero-order valence-electron chi connectivity index (χ0n) is 12.5. The minimum Gasteiger partial charge on any atom is -0.468 e. The van der Waals surface area contributed by atoms with E-state index in [0.29, 0.717) is 19.4 Å². The van der Waals surface area contributed by atoms with Crippen molar-refractivity contribution in [2.24, 2.45) is 0 Å². The minimum absolute atomic E-state index is 0.0355. The molecule has 0 unspecified atom stereocenters. The molecule has 5 nitrogen and oxygen atoms in total. The molecule has 21 heavy (non-hydrogen) atoms. The number of carbonyl (C=O) groups is 2. The van der Waals surface area contributed by atoms with Gasteiger partial charge in [0, 0.05) is 23.9 Å². The van der Waals surface area contributed by atoms with Gasteiger partial charge in [0.25, 0.3) is 0 Å². The fourth-order valence-electron chi connectivity index (χ4n) is 2.69. The summed E-state index contributed by atoms with van der Waals surface area (Å²) in [7, 11) is 3.27. The Kier molecular flexibility index (Phi) is 5.76. The number of likely N-dealkylation sites (tertiary alicyclic amines) is 1. The highest BCUT2D eigenvalue weighted by molar-refractivity contribution is 7.09. The predicted molar refractivity (Wildman–Crippen MR) is 82.2 cm³/mol. The van der Waals surface area contributed by atoms with Crippen molar-refractivity contribution < 1.29 is 14.3 Å². The molecule has 116 valence electrons. The average molecular weight is 310 g/mol. The van der Waals surface area contributed by atoms with Gasteiger partial charge in [-0.15, -0.1) is 11.3 Å². The zero-order chi connectivity index (χ0) is 15.2. The number of hydrogen-bond acceptors (Lipinski definition) is 5. The molecule has 0 radical (unpaired) electrons. The highest BCUT2D eigenvalue weighted by Crippen LogP contribution is 2.17. The molecule has 2 atom stereocenters. The molecular formula is C15H22N2O3S. The van der Waals surface area contributed by atoms with Crippen molar-refractivity contribution in [1.82, 2.24) is 10.2 Å². The van der Waals surface area contributed by atoms with Crippen LogP contribution in [-0.4, -0.2) is 49.6 Å². The highest BCUT2D eigenvalue weighted by Gasteiger charge is 2.35. The van der Waals surface area contributed by atoms with E-state index in [1.165, 1.54) is 12.0 Å². The number of carbonyl (C=O) groups excluding carboxylic acids is 2. The Morgan fingerprint density at radius 2 is 2.33 bits per heavy atom. The number of nitrogens with zero attached hydrogens (tertiary/aromatic N) is 1. The second-order valence-electron chi connectivity index (χ2n) is 5.41. The number of ether oxygens (including phenoxy) is 1.